The second-order valence-electron chi connectivity index (χ2n) is 5.47. The van der Waals surface area contributed by atoms with E-state index >= 15 is 0 Å². The highest BCUT2D eigenvalue weighted by Crippen LogP contribution is 2.45. The molecule has 20 heavy (non-hydrogen) atoms. The quantitative estimate of drug-likeness (QED) is 0.825. The van der Waals surface area contributed by atoms with Crippen molar-refractivity contribution >= 4 is 10.0 Å². The lowest BCUT2D eigenvalue weighted by Gasteiger charge is -2.10. The number of aliphatic hydroxyl groups excluding tert-OH is 1. The molecule has 0 saturated heterocycles. The molecule has 1 unspecified atom stereocenters. The number of sulfonamides is 1. The summed E-state index contributed by atoms with van der Waals surface area (Å²) in [6.45, 7) is 3.52. The molecule has 0 bridgehead atoms. The minimum Gasteiger partial charge on any atom is -0.384 e. The first-order chi connectivity index (χ1) is 9.26. The maximum absolute atomic E-state index is 13.2. The van der Waals surface area contributed by atoms with Gasteiger partial charge in [0.15, 0.2) is 0 Å². The first-order valence-electron chi connectivity index (χ1n) is 6.18. The Kier molecular flexibility index (Phi) is 3.87. The SMILES string of the molecule is CC1(C)CC1NS(=O)(=O)c1ccc(F)cc1C#CCO. The Hall–Kier alpha value is -1.42. The van der Waals surface area contributed by atoms with Crippen LogP contribution in [0.1, 0.15) is 25.8 Å². The van der Waals surface area contributed by atoms with Gasteiger partial charge in [0.25, 0.3) is 0 Å². The van der Waals surface area contributed by atoms with Gasteiger partial charge in [0.2, 0.25) is 10.0 Å². The zero-order chi connectivity index (χ0) is 15.0. The predicted molar refractivity (Wildman–Crippen MR) is 72.9 cm³/mol. The van der Waals surface area contributed by atoms with Gasteiger partial charge in [-0.2, -0.15) is 0 Å². The van der Waals surface area contributed by atoms with Gasteiger partial charge in [0.05, 0.1) is 4.90 Å². The molecule has 1 aromatic rings. The van der Waals surface area contributed by atoms with Gasteiger partial charge in [-0.3, -0.25) is 0 Å². The zero-order valence-electron chi connectivity index (χ0n) is 11.3. The zero-order valence-corrected chi connectivity index (χ0v) is 12.1. The van der Waals surface area contributed by atoms with Gasteiger partial charge in [-0.05, 0) is 30.0 Å². The molecule has 2 rings (SSSR count). The molecule has 1 aliphatic carbocycles. The molecule has 1 fully saturated rings. The van der Waals surface area contributed by atoms with Crippen LogP contribution in [0.2, 0.25) is 0 Å². The highest BCUT2D eigenvalue weighted by atomic mass is 32.2. The summed E-state index contributed by atoms with van der Waals surface area (Å²) in [7, 11) is -3.75. The van der Waals surface area contributed by atoms with Gasteiger partial charge in [-0.1, -0.05) is 25.7 Å². The summed E-state index contributed by atoms with van der Waals surface area (Å²) in [5, 5.41) is 8.68. The van der Waals surface area contributed by atoms with E-state index < -0.39 is 22.4 Å². The number of hydrogen-bond donors (Lipinski definition) is 2. The van der Waals surface area contributed by atoms with Crippen molar-refractivity contribution < 1.29 is 17.9 Å². The first kappa shape index (κ1) is 15.0. The van der Waals surface area contributed by atoms with E-state index in [1.165, 1.54) is 6.07 Å². The third-order valence-electron chi connectivity index (χ3n) is 3.34. The molecule has 1 aliphatic rings. The highest BCUT2D eigenvalue weighted by Gasteiger charge is 2.48. The van der Waals surface area contributed by atoms with Gasteiger partial charge in [-0.15, -0.1) is 0 Å². The van der Waals surface area contributed by atoms with Crippen LogP contribution < -0.4 is 4.72 Å². The number of hydrogen-bond acceptors (Lipinski definition) is 3. The largest absolute Gasteiger partial charge is 0.384 e. The molecule has 108 valence electrons. The Balaban J connectivity index is 2.36. The van der Waals surface area contributed by atoms with E-state index in [1.54, 1.807) is 0 Å². The summed E-state index contributed by atoms with van der Waals surface area (Å²) in [5.74, 6) is 4.23. The summed E-state index contributed by atoms with van der Waals surface area (Å²) in [5.41, 5.74) is -0.00524. The van der Waals surface area contributed by atoms with Crippen LogP contribution in [0.3, 0.4) is 0 Å². The number of benzene rings is 1. The molecule has 0 heterocycles. The fraction of sp³-hybridized carbons (Fsp3) is 0.429. The molecular formula is C14H16FNO3S. The molecule has 0 spiro atoms. The minimum absolute atomic E-state index is 0.0463. The molecule has 1 atom stereocenters. The van der Waals surface area contributed by atoms with Crippen LogP contribution in [0.5, 0.6) is 0 Å². The van der Waals surface area contributed by atoms with Crippen LogP contribution in [-0.4, -0.2) is 26.2 Å². The maximum Gasteiger partial charge on any atom is 0.242 e. The van der Waals surface area contributed by atoms with E-state index in [4.69, 9.17) is 5.11 Å². The lowest BCUT2D eigenvalue weighted by molar-refractivity contribution is 0.350. The minimum atomic E-state index is -3.75. The Morgan fingerprint density at radius 2 is 2.15 bits per heavy atom. The second kappa shape index (κ2) is 5.17. The smallest absolute Gasteiger partial charge is 0.242 e. The summed E-state index contributed by atoms with van der Waals surface area (Å²) in [6.07, 6.45) is 0.769. The van der Waals surface area contributed by atoms with Crippen LogP contribution in [0.4, 0.5) is 4.39 Å². The summed E-state index contributed by atoms with van der Waals surface area (Å²) in [4.78, 5) is -0.0671. The van der Waals surface area contributed by atoms with Crippen LogP contribution >= 0.6 is 0 Å². The highest BCUT2D eigenvalue weighted by molar-refractivity contribution is 7.89. The lowest BCUT2D eigenvalue weighted by atomic mass is 10.2. The number of rotatable bonds is 3. The van der Waals surface area contributed by atoms with Gasteiger partial charge < -0.3 is 5.11 Å². The maximum atomic E-state index is 13.2. The van der Waals surface area contributed by atoms with Crippen molar-refractivity contribution in [2.45, 2.75) is 31.2 Å². The lowest BCUT2D eigenvalue weighted by Crippen LogP contribution is -2.29. The number of nitrogens with one attached hydrogen (secondary N) is 1. The van der Waals surface area contributed by atoms with Gasteiger partial charge in [-0.25, -0.2) is 17.5 Å². The van der Waals surface area contributed by atoms with Crippen molar-refractivity contribution in [2.24, 2.45) is 5.41 Å². The van der Waals surface area contributed by atoms with E-state index in [2.05, 4.69) is 16.6 Å². The summed E-state index contributed by atoms with van der Waals surface area (Å²) >= 11 is 0. The van der Waals surface area contributed by atoms with Gasteiger partial charge in [0.1, 0.15) is 12.4 Å². The van der Waals surface area contributed by atoms with Crippen molar-refractivity contribution in [3.63, 3.8) is 0 Å². The molecule has 0 amide bonds. The number of aliphatic hydroxyl groups is 1. The Bertz CT molecular complexity index is 686. The van der Waals surface area contributed by atoms with Crippen LogP contribution in [0.25, 0.3) is 0 Å². The monoisotopic (exact) mass is 297 g/mol. The van der Waals surface area contributed by atoms with E-state index in [0.29, 0.717) is 0 Å². The van der Waals surface area contributed by atoms with E-state index in [-0.39, 0.29) is 21.9 Å². The van der Waals surface area contributed by atoms with Crippen LogP contribution in [-0.2, 0) is 10.0 Å². The van der Waals surface area contributed by atoms with Gasteiger partial charge >= 0.3 is 0 Å². The number of halogens is 1. The summed E-state index contributed by atoms with van der Waals surface area (Å²) < 4.78 is 40.4. The average molecular weight is 297 g/mol. The molecule has 2 N–H and O–H groups in total. The average Bonchev–Trinajstić information content (AvgIpc) is 2.92. The van der Waals surface area contributed by atoms with Crippen LogP contribution in [0.15, 0.2) is 23.1 Å². The fourth-order valence-corrected chi connectivity index (χ4v) is 3.44. The van der Waals surface area contributed by atoms with E-state index in [1.807, 2.05) is 13.8 Å². The first-order valence-corrected chi connectivity index (χ1v) is 7.66. The van der Waals surface area contributed by atoms with E-state index in [9.17, 15) is 12.8 Å². The molecule has 1 aromatic carbocycles. The van der Waals surface area contributed by atoms with Crippen molar-refractivity contribution in [1.29, 1.82) is 0 Å². The molecular weight excluding hydrogens is 281 g/mol. The molecule has 0 radical (unpaired) electrons. The third-order valence-corrected chi connectivity index (χ3v) is 4.87. The Morgan fingerprint density at radius 1 is 1.50 bits per heavy atom. The Morgan fingerprint density at radius 3 is 2.70 bits per heavy atom. The molecule has 4 nitrogen and oxygen atoms in total. The molecule has 0 aliphatic heterocycles. The summed E-state index contributed by atoms with van der Waals surface area (Å²) in [6, 6.07) is 3.21. The Labute approximate surface area is 118 Å². The normalized spacial score (nSPS) is 20.1. The van der Waals surface area contributed by atoms with Crippen molar-refractivity contribution in [3.05, 3.63) is 29.6 Å². The fourth-order valence-electron chi connectivity index (χ4n) is 1.89. The molecule has 1 saturated carbocycles. The topological polar surface area (TPSA) is 66.4 Å². The van der Waals surface area contributed by atoms with Crippen molar-refractivity contribution in [3.8, 4) is 11.8 Å². The van der Waals surface area contributed by atoms with Gasteiger partial charge in [0, 0.05) is 11.6 Å². The van der Waals surface area contributed by atoms with Crippen molar-refractivity contribution in [1.82, 2.24) is 4.72 Å². The van der Waals surface area contributed by atoms with Crippen molar-refractivity contribution in [2.75, 3.05) is 6.61 Å². The molecule has 6 heteroatoms. The standard InChI is InChI=1S/C14H16FNO3S/c1-14(2)9-13(14)16-20(18,19)12-6-5-11(15)8-10(12)4-3-7-17/h5-6,8,13,16-17H,7,9H2,1-2H3. The molecule has 0 aromatic heterocycles. The van der Waals surface area contributed by atoms with Crippen LogP contribution in [0, 0.1) is 23.1 Å². The predicted octanol–water partition coefficient (Wildman–Crippen LogP) is 1.25. The second-order valence-corrected chi connectivity index (χ2v) is 7.15. The third kappa shape index (κ3) is 3.18. The van der Waals surface area contributed by atoms with E-state index in [0.717, 1.165) is 18.6 Å².